The van der Waals surface area contributed by atoms with E-state index in [1.165, 1.54) is 0 Å². The molecule has 0 aliphatic heterocycles. The molecule has 0 spiro atoms. The average molecular weight is 261 g/mol. The lowest BCUT2D eigenvalue weighted by Crippen LogP contribution is -2.16. The highest BCUT2D eigenvalue weighted by atomic mass is 32.2. The Kier molecular flexibility index (Phi) is 5.35. The first-order valence-electron chi connectivity index (χ1n) is 6.20. The van der Waals surface area contributed by atoms with Gasteiger partial charge in [-0.05, 0) is 17.7 Å². The molecule has 1 N–H and O–H groups in total. The molecule has 0 saturated carbocycles. The molecule has 0 aromatic heterocycles. The van der Waals surface area contributed by atoms with Crippen molar-refractivity contribution in [2.75, 3.05) is 0 Å². The van der Waals surface area contributed by atoms with Crippen LogP contribution in [0.1, 0.15) is 43.6 Å². The summed E-state index contributed by atoms with van der Waals surface area (Å²) in [7, 11) is 0. The van der Waals surface area contributed by atoms with Gasteiger partial charge in [0.15, 0.2) is 0 Å². The van der Waals surface area contributed by atoms with Crippen molar-refractivity contribution in [1.29, 1.82) is 5.41 Å². The number of fused-ring (bicyclic) bond motifs is 1. The van der Waals surface area contributed by atoms with E-state index >= 15 is 0 Å². The van der Waals surface area contributed by atoms with Crippen LogP contribution in [0.15, 0.2) is 29.2 Å². The van der Waals surface area contributed by atoms with Crippen LogP contribution in [0.5, 0.6) is 0 Å². The van der Waals surface area contributed by atoms with E-state index in [9.17, 15) is 4.79 Å². The van der Waals surface area contributed by atoms with Crippen LogP contribution in [0.4, 0.5) is 0 Å². The van der Waals surface area contributed by atoms with Crippen molar-refractivity contribution in [3.63, 3.8) is 0 Å². The monoisotopic (exact) mass is 261 g/mol. The Morgan fingerprint density at radius 1 is 1.17 bits per heavy atom. The fraction of sp³-hybridized carbons (Fsp3) is 0.333. The zero-order valence-corrected chi connectivity index (χ0v) is 12.1. The van der Waals surface area contributed by atoms with Gasteiger partial charge in [-0.1, -0.05) is 45.9 Å². The molecule has 2 nitrogen and oxygen atoms in total. The summed E-state index contributed by atoms with van der Waals surface area (Å²) in [5.41, 5.74) is 1.68. The lowest BCUT2D eigenvalue weighted by molar-refractivity contribution is 0.106. The van der Waals surface area contributed by atoms with Crippen LogP contribution < -0.4 is 0 Å². The summed E-state index contributed by atoms with van der Waals surface area (Å²) in [6, 6.07) is 5.70. The van der Waals surface area contributed by atoms with Gasteiger partial charge < -0.3 is 0 Å². The van der Waals surface area contributed by atoms with Gasteiger partial charge in [0.05, 0.1) is 0 Å². The summed E-state index contributed by atoms with van der Waals surface area (Å²) in [4.78, 5) is 12.9. The zero-order valence-electron chi connectivity index (χ0n) is 11.3. The van der Waals surface area contributed by atoms with Gasteiger partial charge in [0.1, 0.15) is 5.71 Å². The maximum Gasteiger partial charge on any atom is 0.211 e. The maximum atomic E-state index is 11.8. The minimum Gasteiger partial charge on any atom is -0.297 e. The minimum atomic E-state index is -0.177. The summed E-state index contributed by atoms with van der Waals surface area (Å²) in [6.45, 7) is 8.25. The minimum absolute atomic E-state index is 0.0687. The molecule has 0 atom stereocenters. The van der Waals surface area contributed by atoms with Gasteiger partial charge in [0.25, 0.3) is 0 Å². The van der Waals surface area contributed by atoms with Crippen molar-refractivity contribution in [2.45, 2.75) is 37.8 Å². The van der Waals surface area contributed by atoms with Crippen molar-refractivity contribution in [1.82, 2.24) is 0 Å². The van der Waals surface area contributed by atoms with Gasteiger partial charge in [-0.15, -0.1) is 11.8 Å². The predicted octanol–water partition coefficient (Wildman–Crippen LogP) is 4.44. The number of allylic oxidation sites excluding steroid dienone is 1. The van der Waals surface area contributed by atoms with E-state index in [0.717, 1.165) is 10.5 Å². The highest BCUT2D eigenvalue weighted by Crippen LogP contribution is 2.31. The van der Waals surface area contributed by atoms with Gasteiger partial charge in [0, 0.05) is 15.7 Å². The van der Waals surface area contributed by atoms with E-state index in [1.807, 2.05) is 32.1 Å². The number of carbonyl (C=O) groups is 1. The molecule has 2 rings (SSSR count). The quantitative estimate of drug-likeness (QED) is 0.799. The SMILES string of the molecule is CC.CC(C)Sc1cccc2c1C=CC(=N)C2=O. The van der Waals surface area contributed by atoms with Gasteiger partial charge in [-0.3, -0.25) is 10.2 Å². The van der Waals surface area contributed by atoms with Gasteiger partial charge in [-0.25, -0.2) is 0 Å². The zero-order chi connectivity index (χ0) is 13.7. The third kappa shape index (κ3) is 3.10. The van der Waals surface area contributed by atoms with Crippen LogP contribution in [0.25, 0.3) is 6.08 Å². The Balaban J connectivity index is 0.000000771. The Bertz CT molecular complexity index is 489. The number of hydrogen-bond acceptors (Lipinski definition) is 3. The molecule has 96 valence electrons. The number of Topliss-reactive ketones (excluding diaryl/α,β-unsaturated/α-hetero) is 1. The first-order chi connectivity index (χ1) is 8.59. The molecule has 0 radical (unpaired) electrons. The smallest absolute Gasteiger partial charge is 0.211 e. The standard InChI is InChI=1S/C13H13NOS.C2H6/c1-8(2)16-12-5-3-4-10-9(12)6-7-11(14)13(10)15;1-2/h3-8,14H,1-2H3;1-2H3. The van der Waals surface area contributed by atoms with Gasteiger partial charge >= 0.3 is 0 Å². The molecule has 0 heterocycles. The van der Waals surface area contributed by atoms with Crippen LogP contribution in [0.2, 0.25) is 0 Å². The van der Waals surface area contributed by atoms with E-state index in [4.69, 9.17) is 5.41 Å². The first-order valence-corrected chi connectivity index (χ1v) is 7.08. The molecule has 1 aliphatic rings. The summed E-state index contributed by atoms with van der Waals surface area (Å²) >= 11 is 1.74. The third-order valence-corrected chi connectivity index (χ3v) is 3.42. The predicted molar refractivity (Wildman–Crippen MR) is 79.9 cm³/mol. The summed E-state index contributed by atoms with van der Waals surface area (Å²) in [5, 5.41) is 7.98. The van der Waals surface area contributed by atoms with Crippen molar-refractivity contribution < 1.29 is 4.79 Å². The summed E-state index contributed by atoms with van der Waals surface area (Å²) < 4.78 is 0. The normalized spacial score (nSPS) is 13.2. The number of hydrogen-bond donors (Lipinski definition) is 1. The highest BCUT2D eigenvalue weighted by Gasteiger charge is 2.20. The molecule has 1 aromatic carbocycles. The van der Waals surface area contributed by atoms with E-state index in [0.29, 0.717) is 10.8 Å². The van der Waals surface area contributed by atoms with Crippen molar-refractivity contribution in [3.05, 3.63) is 35.4 Å². The number of nitrogens with one attached hydrogen (secondary N) is 1. The van der Waals surface area contributed by atoms with Gasteiger partial charge in [0.2, 0.25) is 5.78 Å². The summed E-state index contributed by atoms with van der Waals surface area (Å²) in [6.07, 6.45) is 3.44. The lowest BCUT2D eigenvalue weighted by atomic mass is 9.95. The van der Waals surface area contributed by atoms with Crippen LogP contribution >= 0.6 is 11.8 Å². The third-order valence-electron chi connectivity index (χ3n) is 2.33. The van der Waals surface area contributed by atoms with Crippen LogP contribution in [-0.2, 0) is 0 Å². The molecular formula is C15H19NOS. The number of benzene rings is 1. The Hall–Kier alpha value is -1.35. The van der Waals surface area contributed by atoms with Crippen LogP contribution in [0.3, 0.4) is 0 Å². The molecule has 0 bridgehead atoms. The molecule has 1 aromatic rings. The summed E-state index contributed by atoms with van der Waals surface area (Å²) in [5.74, 6) is -0.177. The Labute approximate surface area is 113 Å². The van der Waals surface area contributed by atoms with E-state index in [1.54, 1.807) is 23.9 Å². The molecule has 0 saturated heterocycles. The number of thioether (sulfide) groups is 1. The second-order valence-corrected chi connectivity index (χ2v) is 5.58. The maximum absolute atomic E-state index is 11.8. The fourth-order valence-corrected chi connectivity index (χ4v) is 2.63. The van der Waals surface area contributed by atoms with E-state index in [-0.39, 0.29) is 11.5 Å². The Morgan fingerprint density at radius 3 is 2.44 bits per heavy atom. The van der Waals surface area contributed by atoms with Crippen molar-refractivity contribution in [3.8, 4) is 0 Å². The van der Waals surface area contributed by atoms with Crippen LogP contribution in [-0.4, -0.2) is 16.7 Å². The molecule has 0 unspecified atom stereocenters. The number of carbonyl (C=O) groups excluding carboxylic acids is 1. The number of ketones is 1. The topological polar surface area (TPSA) is 40.9 Å². The molecule has 0 amide bonds. The highest BCUT2D eigenvalue weighted by molar-refractivity contribution is 8.00. The molecule has 0 fully saturated rings. The second kappa shape index (κ2) is 6.55. The van der Waals surface area contributed by atoms with E-state index in [2.05, 4.69) is 13.8 Å². The molecule has 18 heavy (non-hydrogen) atoms. The fourth-order valence-electron chi connectivity index (χ4n) is 1.66. The van der Waals surface area contributed by atoms with Gasteiger partial charge in [-0.2, -0.15) is 0 Å². The second-order valence-electron chi connectivity index (χ2n) is 3.96. The first kappa shape index (κ1) is 14.7. The van der Waals surface area contributed by atoms with Crippen LogP contribution in [0, 0.1) is 5.41 Å². The largest absolute Gasteiger partial charge is 0.297 e. The molecule has 3 heteroatoms. The lowest BCUT2D eigenvalue weighted by Gasteiger charge is -2.15. The van der Waals surface area contributed by atoms with Crippen molar-refractivity contribution >= 4 is 29.3 Å². The van der Waals surface area contributed by atoms with Crippen molar-refractivity contribution in [2.24, 2.45) is 0 Å². The number of rotatable bonds is 2. The molecule has 1 aliphatic carbocycles. The molecular weight excluding hydrogens is 242 g/mol. The van der Waals surface area contributed by atoms with E-state index < -0.39 is 0 Å². The Morgan fingerprint density at radius 2 is 1.83 bits per heavy atom. The average Bonchev–Trinajstić information content (AvgIpc) is 2.36.